The molecule has 7 rings (SSSR count). The van der Waals surface area contributed by atoms with E-state index in [1.54, 1.807) is 115 Å². The molecule has 0 aromatic heterocycles. The number of ketones is 1. The van der Waals surface area contributed by atoms with Gasteiger partial charge in [-0.05, 0) is 120 Å². The lowest BCUT2D eigenvalue weighted by atomic mass is 10.0. The third kappa shape index (κ3) is 8.16. The molecule has 7 aromatic carbocycles. The van der Waals surface area contributed by atoms with Crippen LogP contribution >= 0.6 is 23.2 Å². The van der Waals surface area contributed by atoms with Crippen molar-refractivity contribution in [3.05, 3.63) is 190 Å². The fourth-order valence-electron chi connectivity index (χ4n) is 5.64. The largest absolute Gasteiger partial charge is 0.456 e. The first-order valence-corrected chi connectivity index (χ1v) is 17.7. The van der Waals surface area contributed by atoms with E-state index in [9.17, 15) is 20.6 Å². The minimum Gasteiger partial charge on any atom is -0.456 e. The van der Waals surface area contributed by atoms with Gasteiger partial charge >= 0.3 is 0 Å². The summed E-state index contributed by atoms with van der Waals surface area (Å²) in [7, 11) is 0. The van der Waals surface area contributed by atoms with Gasteiger partial charge in [0, 0.05) is 11.1 Å². The summed E-state index contributed by atoms with van der Waals surface area (Å²) in [4.78, 5) is 13.2. The summed E-state index contributed by atoms with van der Waals surface area (Å²) >= 11 is 12.2. The van der Waals surface area contributed by atoms with Crippen LogP contribution in [0.1, 0.15) is 32.6 Å². The van der Waals surface area contributed by atoms with Crippen molar-refractivity contribution >= 4 is 29.0 Å². The van der Waals surface area contributed by atoms with E-state index in [1.165, 1.54) is 0 Å². The van der Waals surface area contributed by atoms with Gasteiger partial charge in [0.1, 0.15) is 80.9 Å². The number of carbonyl (C=O) groups excluding carboxylic acids is 1. The van der Waals surface area contributed by atoms with Crippen LogP contribution in [0.25, 0.3) is 11.1 Å². The van der Waals surface area contributed by atoms with Crippen molar-refractivity contribution in [2.45, 2.75) is 0 Å². The van der Waals surface area contributed by atoms with E-state index in [2.05, 4.69) is 12.1 Å². The molecular formula is C46H25Cl2N3O5. The molecule has 0 amide bonds. The molecule has 0 fully saturated rings. The van der Waals surface area contributed by atoms with Gasteiger partial charge in [-0.25, -0.2) is 0 Å². The number of ether oxygens (including phenoxy) is 4. The smallest absolute Gasteiger partial charge is 0.193 e. The zero-order valence-corrected chi connectivity index (χ0v) is 30.6. The van der Waals surface area contributed by atoms with Crippen LogP contribution in [0, 0.1) is 34.0 Å². The Morgan fingerprint density at radius 2 is 0.679 bits per heavy atom. The summed E-state index contributed by atoms with van der Waals surface area (Å²) in [6, 6.07) is 49.4. The zero-order chi connectivity index (χ0) is 39.0. The summed E-state index contributed by atoms with van der Waals surface area (Å²) in [5, 5.41) is 29.5. The van der Waals surface area contributed by atoms with Crippen LogP contribution in [-0.4, -0.2) is 5.78 Å². The van der Waals surface area contributed by atoms with Crippen molar-refractivity contribution in [3.63, 3.8) is 0 Å². The van der Waals surface area contributed by atoms with E-state index < -0.39 is 0 Å². The Morgan fingerprint density at radius 3 is 1.00 bits per heavy atom. The van der Waals surface area contributed by atoms with Crippen LogP contribution in [0.5, 0.6) is 46.0 Å². The van der Waals surface area contributed by atoms with Crippen molar-refractivity contribution in [1.29, 1.82) is 15.8 Å². The number of hydrogen-bond acceptors (Lipinski definition) is 8. The molecule has 0 aliphatic carbocycles. The minimum atomic E-state index is -0.211. The quantitative estimate of drug-likeness (QED) is 0.119. The van der Waals surface area contributed by atoms with Gasteiger partial charge in [-0.2, -0.15) is 15.8 Å². The van der Waals surface area contributed by atoms with Crippen LogP contribution < -0.4 is 18.9 Å². The molecule has 0 atom stereocenters. The average molecular weight is 771 g/mol. The van der Waals surface area contributed by atoms with E-state index in [-0.39, 0.29) is 33.2 Å². The summed E-state index contributed by atoms with van der Waals surface area (Å²) in [5.41, 5.74) is 3.44. The number of rotatable bonds is 11. The summed E-state index contributed by atoms with van der Waals surface area (Å²) in [5.74, 6) is 3.04. The van der Waals surface area contributed by atoms with Crippen molar-refractivity contribution in [2.24, 2.45) is 0 Å². The number of benzene rings is 7. The highest BCUT2D eigenvalue weighted by Gasteiger charge is 2.16. The second-order valence-electron chi connectivity index (χ2n) is 12.0. The van der Waals surface area contributed by atoms with Gasteiger partial charge in [0.05, 0.1) is 10.0 Å². The normalized spacial score (nSPS) is 10.3. The molecule has 0 aliphatic heterocycles. The Kier molecular flexibility index (Phi) is 10.9. The average Bonchev–Trinajstić information content (AvgIpc) is 3.22. The predicted octanol–water partition coefficient (Wildman–Crippen LogP) is 12.7. The topological polar surface area (TPSA) is 125 Å². The second kappa shape index (κ2) is 16.6. The van der Waals surface area contributed by atoms with Gasteiger partial charge in [0.25, 0.3) is 0 Å². The van der Waals surface area contributed by atoms with Crippen molar-refractivity contribution in [2.75, 3.05) is 0 Å². The number of hydrogen-bond donors (Lipinski definition) is 0. The second-order valence-corrected chi connectivity index (χ2v) is 12.8. The summed E-state index contributed by atoms with van der Waals surface area (Å²) in [6.45, 7) is 0. The molecule has 10 heteroatoms. The Bertz CT molecular complexity index is 2700. The molecule has 0 N–H and O–H groups in total. The Morgan fingerprint density at radius 1 is 0.393 bits per heavy atom. The third-order valence-corrected chi connectivity index (χ3v) is 9.09. The Balaban J connectivity index is 0.985. The lowest BCUT2D eigenvalue weighted by Crippen LogP contribution is -2.01. The molecule has 0 bridgehead atoms. The van der Waals surface area contributed by atoms with Gasteiger partial charge in [-0.3, -0.25) is 4.79 Å². The minimum absolute atomic E-state index is 0.202. The number of nitrogens with zero attached hydrogens (tertiary/aromatic N) is 3. The molecule has 268 valence electrons. The van der Waals surface area contributed by atoms with Crippen LogP contribution in [0.2, 0.25) is 10.0 Å². The molecule has 8 nitrogen and oxygen atoms in total. The van der Waals surface area contributed by atoms with Gasteiger partial charge in [-0.15, -0.1) is 0 Å². The maximum absolute atomic E-state index is 13.2. The van der Waals surface area contributed by atoms with Crippen LogP contribution in [0.15, 0.2) is 152 Å². The maximum atomic E-state index is 13.2. The summed E-state index contributed by atoms with van der Waals surface area (Å²) in [6.07, 6.45) is 0. The lowest BCUT2D eigenvalue weighted by Gasteiger charge is -2.13. The monoisotopic (exact) mass is 769 g/mol. The molecule has 56 heavy (non-hydrogen) atoms. The molecule has 0 radical (unpaired) electrons. The highest BCUT2D eigenvalue weighted by Crippen LogP contribution is 2.36. The van der Waals surface area contributed by atoms with Gasteiger partial charge in [0.15, 0.2) is 5.78 Å². The van der Waals surface area contributed by atoms with Crippen LogP contribution in [-0.2, 0) is 0 Å². The first kappa shape index (κ1) is 36.8. The van der Waals surface area contributed by atoms with E-state index >= 15 is 0 Å². The lowest BCUT2D eigenvalue weighted by molar-refractivity contribution is 0.103. The number of nitriles is 3. The van der Waals surface area contributed by atoms with Crippen LogP contribution in [0.3, 0.4) is 0 Å². The molecule has 0 aliphatic rings. The van der Waals surface area contributed by atoms with E-state index in [4.69, 9.17) is 42.1 Å². The first-order valence-electron chi connectivity index (χ1n) is 16.9. The van der Waals surface area contributed by atoms with Gasteiger partial charge in [0.2, 0.25) is 0 Å². The molecule has 0 saturated carbocycles. The van der Waals surface area contributed by atoms with E-state index in [0.29, 0.717) is 56.4 Å². The number of halogens is 2. The van der Waals surface area contributed by atoms with Gasteiger partial charge < -0.3 is 18.9 Å². The number of carbonyl (C=O) groups is 1. The SMILES string of the molecule is N#Cc1c(Cl)cccc1Oc1ccc(C(=O)c2ccc(Oc3cccc(Oc4ccc(-c5ccc(Oc6cccc(Cl)c6C#N)cc5)cc4)c3C#N)cc2)cc1. The molecule has 0 unspecified atom stereocenters. The molecule has 0 spiro atoms. The van der Waals surface area contributed by atoms with Crippen molar-refractivity contribution in [3.8, 4) is 75.3 Å². The first-order chi connectivity index (χ1) is 27.3. The Hall–Kier alpha value is -7.54. The van der Waals surface area contributed by atoms with Crippen molar-refractivity contribution in [1.82, 2.24) is 0 Å². The molecule has 0 saturated heterocycles. The molecule has 7 aromatic rings. The zero-order valence-electron chi connectivity index (χ0n) is 29.1. The van der Waals surface area contributed by atoms with Crippen molar-refractivity contribution < 1.29 is 23.7 Å². The Labute approximate surface area is 332 Å². The van der Waals surface area contributed by atoms with E-state index in [1.807, 2.05) is 42.5 Å². The maximum Gasteiger partial charge on any atom is 0.193 e. The third-order valence-electron chi connectivity index (χ3n) is 8.46. The standard InChI is InChI=1S/C46H25Cl2N3O5/c47-40-4-1-6-42(37(40)26-49)53-33-18-10-29(11-19-33)30-12-20-34(21-13-30)55-44-8-3-9-45(39(44)28-51)56-36-24-16-32(17-25-36)46(52)31-14-22-35(23-15-31)54-43-7-2-5-41(48)38(43)27-50/h1-25H. The highest BCUT2D eigenvalue weighted by molar-refractivity contribution is 6.32. The fraction of sp³-hybridized carbons (Fsp3) is 0. The fourth-order valence-corrected chi connectivity index (χ4v) is 6.06. The van der Waals surface area contributed by atoms with E-state index in [0.717, 1.165) is 11.1 Å². The molecular weight excluding hydrogens is 745 g/mol. The predicted molar refractivity (Wildman–Crippen MR) is 212 cm³/mol. The highest BCUT2D eigenvalue weighted by atomic mass is 35.5. The summed E-state index contributed by atoms with van der Waals surface area (Å²) < 4.78 is 23.9. The molecule has 0 heterocycles. The van der Waals surface area contributed by atoms with Gasteiger partial charge in [-0.1, -0.05) is 65.7 Å². The van der Waals surface area contributed by atoms with Crippen LogP contribution in [0.4, 0.5) is 0 Å².